The molecule has 1 aromatic carbocycles. The minimum atomic E-state index is 0.659. The van der Waals surface area contributed by atoms with Crippen molar-refractivity contribution in [1.82, 2.24) is 0 Å². The Balaban J connectivity index is 1.80. The van der Waals surface area contributed by atoms with Gasteiger partial charge in [-0.2, -0.15) is 0 Å². The fourth-order valence-electron chi connectivity index (χ4n) is 1.67. The molecule has 2 nitrogen and oxygen atoms in total. The van der Waals surface area contributed by atoms with Crippen LogP contribution in [0.2, 0.25) is 0 Å². The maximum absolute atomic E-state index is 5.77. The topological polar surface area (TPSA) is 18.5 Å². The zero-order valence-electron chi connectivity index (χ0n) is 10.8. The zero-order chi connectivity index (χ0) is 12.8. The lowest BCUT2D eigenvalue weighted by Gasteiger charge is -2.16. The van der Waals surface area contributed by atoms with E-state index in [4.69, 9.17) is 9.47 Å². The molecule has 1 aromatic rings. The lowest BCUT2D eigenvalue weighted by molar-refractivity contribution is 0.146. The lowest BCUT2D eigenvalue weighted by atomic mass is 10.2. The first-order valence-corrected chi connectivity index (χ1v) is 7.92. The fourth-order valence-corrected chi connectivity index (χ4v) is 3.83. The van der Waals surface area contributed by atoms with Crippen molar-refractivity contribution >= 4 is 23.5 Å². The van der Waals surface area contributed by atoms with Crippen LogP contribution in [0.15, 0.2) is 34.1 Å². The molecule has 4 heteroatoms. The Labute approximate surface area is 117 Å². The highest BCUT2D eigenvalue weighted by molar-refractivity contribution is 8.09. The van der Waals surface area contributed by atoms with Crippen molar-refractivity contribution in [3.8, 4) is 5.75 Å². The van der Waals surface area contributed by atoms with E-state index >= 15 is 0 Å². The van der Waals surface area contributed by atoms with Crippen LogP contribution < -0.4 is 4.74 Å². The summed E-state index contributed by atoms with van der Waals surface area (Å²) in [5, 5.41) is 0. The van der Waals surface area contributed by atoms with Gasteiger partial charge in [0.15, 0.2) is 0 Å². The Morgan fingerprint density at radius 2 is 1.78 bits per heavy atom. The van der Waals surface area contributed by atoms with Crippen LogP contribution in [0.5, 0.6) is 5.75 Å². The summed E-state index contributed by atoms with van der Waals surface area (Å²) >= 11 is 3.87. The molecule has 0 fully saturated rings. The van der Waals surface area contributed by atoms with Crippen molar-refractivity contribution in [1.29, 1.82) is 0 Å². The zero-order valence-corrected chi connectivity index (χ0v) is 12.4. The summed E-state index contributed by atoms with van der Waals surface area (Å²) in [7, 11) is 1.68. The molecule has 0 aliphatic carbocycles. The van der Waals surface area contributed by atoms with E-state index in [1.54, 1.807) is 7.11 Å². The minimum Gasteiger partial charge on any atom is -0.497 e. The van der Waals surface area contributed by atoms with E-state index in [1.165, 1.54) is 26.9 Å². The predicted octanol–water partition coefficient (Wildman–Crippen LogP) is 3.92. The van der Waals surface area contributed by atoms with Crippen molar-refractivity contribution in [2.45, 2.75) is 13.5 Å². The third-order valence-corrected chi connectivity index (χ3v) is 5.39. The number of methoxy groups -OCH3 is 1. The second-order valence-corrected chi connectivity index (χ2v) is 6.52. The molecule has 1 heterocycles. The Morgan fingerprint density at radius 1 is 1.06 bits per heavy atom. The summed E-state index contributed by atoms with van der Waals surface area (Å²) in [4.78, 5) is 2.81. The molecular weight excluding hydrogens is 264 g/mol. The first kappa shape index (κ1) is 13.8. The summed E-state index contributed by atoms with van der Waals surface area (Å²) in [6.07, 6.45) is 0. The normalized spacial score (nSPS) is 15.9. The van der Waals surface area contributed by atoms with Crippen LogP contribution in [0, 0.1) is 0 Å². The number of ether oxygens (including phenoxy) is 2. The Hall–Kier alpha value is -0.580. The molecule has 0 atom stereocenters. The quantitative estimate of drug-likeness (QED) is 0.814. The average molecular weight is 282 g/mol. The molecule has 18 heavy (non-hydrogen) atoms. The van der Waals surface area contributed by atoms with Crippen molar-refractivity contribution in [3.63, 3.8) is 0 Å². The van der Waals surface area contributed by atoms with Crippen LogP contribution in [0.1, 0.15) is 12.5 Å². The molecule has 98 valence electrons. The first-order valence-electron chi connectivity index (χ1n) is 5.95. The van der Waals surface area contributed by atoms with Crippen molar-refractivity contribution in [2.75, 3.05) is 25.2 Å². The van der Waals surface area contributed by atoms with Gasteiger partial charge in [0.2, 0.25) is 0 Å². The number of benzene rings is 1. The standard InChI is InChI=1S/C14H18O2S2/c1-11-14(18-8-7-17-11)10-16-9-12-3-5-13(15-2)6-4-12/h3-6H,7-10H2,1-2H3. The maximum Gasteiger partial charge on any atom is 0.118 e. The van der Waals surface area contributed by atoms with Gasteiger partial charge in [-0.05, 0) is 29.5 Å². The molecule has 0 N–H and O–H groups in total. The first-order chi connectivity index (χ1) is 8.79. The van der Waals surface area contributed by atoms with Gasteiger partial charge >= 0.3 is 0 Å². The van der Waals surface area contributed by atoms with Gasteiger partial charge < -0.3 is 9.47 Å². The summed E-state index contributed by atoms with van der Waals surface area (Å²) in [6, 6.07) is 8.02. The summed E-state index contributed by atoms with van der Waals surface area (Å²) in [5.41, 5.74) is 1.18. The second-order valence-electron chi connectivity index (χ2n) is 4.02. The van der Waals surface area contributed by atoms with E-state index in [0.717, 1.165) is 12.4 Å². The highest BCUT2D eigenvalue weighted by Gasteiger charge is 2.10. The van der Waals surface area contributed by atoms with Crippen LogP contribution in [-0.4, -0.2) is 25.2 Å². The number of thioether (sulfide) groups is 2. The third kappa shape index (κ3) is 3.97. The molecule has 0 saturated carbocycles. The van der Waals surface area contributed by atoms with Crippen molar-refractivity contribution in [2.24, 2.45) is 0 Å². The summed E-state index contributed by atoms with van der Waals surface area (Å²) in [5.74, 6) is 3.30. The highest BCUT2D eigenvalue weighted by Crippen LogP contribution is 2.33. The molecule has 0 radical (unpaired) electrons. The van der Waals surface area contributed by atoms with E-state index in [-0.39, 0.29) is 0 Å². The summed E-state index contributed by atoms with van der Waals surface area (Å²) in [6.45, 7) is 3.57. The molecule has 1 aliphatic heterocycles. The molecule has 0 amide bonds. The lowest BCUT2D eigenvalue weighted by Crippen LogP contribution is -2.03. The number of allylic oxidation sites excluding steroid dienone is 1. The Morgan fingerprint density at radius 3 is 2.44 bits per heavy atom. The van der Waals surface area contributed by atoms with Gasteiger partial charge in [0.1, 0.15) is 5.75 Å². The van der Waals surface area contributed by atoms with Crippen LogP contribution in [0.3, 0.4) is 0 Å². The fraction of sp³-hybridized carbons (Fsp3) is 0.429. The van der Waals surface area contributed by atoms with E-state index in [0.29, 0.717) is 6.61 Å². The van der Waals surface area contributed by atoms with Crippen molar-refractivity contribution < 1.29 is 9.47 Å². The largest absolute Gasteiger partial charge is 0.497 e. The molecule has 0 saturated heterocycles. The maximum atomic E-state index is 5.77. The highest BCUT2D eigenvalue weighted by atomic mass is 32.2. The molecule has 0 spiro atoms. The SMILES string of the molecule is COc1ccc(COCC2=C(C)SCCS2)cc1. The van der Waals surface area contributed by atoms with Gasteiger partial charge in [-0.3, -0.25) is 0 Å². The van der Waals surface area contributed by atoms with Gasteiger partial charge in [-0.25, -0.2) is 0 Å². The van der Waals surface area contributed by atoms with Crippen LogP contribution in [-0.2, 0) is 11.3 Å². The molecule has 0 unspecified atom stereocenters. The third-order valence-electron chi connectivity index (χ3n) is 2.73. The van der Waals surface area contributed by atoms with Gasteiger partial charge in [-0.1, -0.05) is 12.1 Å². The van der Waals surface area contributed by atoms with E-state index in [2.05, 4.69) is 6.92 Å². The minimum absolute atomic E-state index is 0.659. The molecule has 2 rings (SSSR count). The van der Waals surface area contributed by atoms with Crippen LogP contribution in [0.4, 0.5) is 0 Å². The predicted molar refractivity (Wildman–Crippen MR) is 80.3 cm³/mol. The van der Waals surface area contributed by atoms with Gasteiger partial charge in [-0.15, -0.1) is 23.5 Å². The van der Waals surface area contributed by atoms with Crippen LogP contribution in [0.25, 0.3) is 0 Å². The van der Waals surface area contributed by atoms with Gasteiger partial charge in [0, 0.05) is 16.4 Å². The number of rotatable bonds is 5. The van der Waals surface area contributed by atoms with Crippen molar-refractivity contribution in [3.05, 3.63) is 39.6 Å². The Bertz CT molecular complexity index is 412. The van der Waals surface area contributed by atoms with Gasteiger partial charge in [0.25, 0.3) is 0 Å². The summed E-state index contributed by atoms with van der Waals surface area (Å²) < 4.78 is 10.9. The molecule has 0 bridgehead atoms. The van der Waals surface area contributed by atoms with E-state index in [9.17, 15) is 0 Å². The number of hydrogen-bond acceptors (Lipinski definition) is 4. The van der Waals surface area contributed by atoms with Gasteiger partial charge in [0.05, 0.1) is 20.3 Å². The number of hydrogen-bond donors (Lipinski definition) is 0. The molecule has 0 aromatic heterocycles. The smallest absolute Gasteiger partial charge is 0.118 e. The van der Waals surface area contributed by atoms with E-state index < -0.39 is 0 Å². The van der Waals surface area contributed by atoms with Crippen LogP contribution >= 0.6 is 23.5 Å². The van der Waals surface area contributed by atoms with E-state index in [1.807, 2.05) is 47.8 Å². The molecule has 1 aliphatic rings. The second kappa shape index (κ2) is 7.12. The Kier molecular flexibility index (Phi) is 5.47. The average Bonchev–Trinajstić information content (AvgIpc) is 2.42. The monoisotopic (exact) mass is 282 g/mol. The molecular formula is C14H18O2S2.